The van der Waals surface area contributed by atoms with Crippen LogP contribution in [0.4, 0.5) is 9.18 Å². The van der Waals surface area contributed by atoms with Crippen molar-refractivity contribution >= 4 is 22.6 Å². The fourth-order valence-corrected chi connectivity index (χ4v) is 3.34. The second kappa shape index (κ2) is 8.96. The zero-order chi connectivity index (χ0) is 22.7. The molecular weight excluding hydrogens is 417 g/mol. The van der Waals surface area contributed by atoms with Crippen molar-refractivity contribution in [2.24, 2.45) is 0 Å². The first-order valence-corrected chi connectivity index (χ1v) is 9.81. The Hall–Kier alpha value is -4.08. The highest BCUT2D eigenvalue weighted by atomic mass is 19.1. The van der Waals surface area contributed by atoms with Gasteiger partial charge in [-0.3, -0.25) is 4.79 Å². The quantitative estimate of drug-likeness (QED) is 0.463. The average Bonchev–Trinajstić information content (AvgIpc) is 3.26. The number of carbonyl (C=O) groups is 2. The summed E-state index contributed by atoms with van der Waals surface area (Å²) < 4.78 is 25.0. The summed E-state index contributed by atoms with van der Waals surface area (Å²) in [4.78, 5) is 30.7. The first kappa shape index (κ1) is 21.2. The third-order valence-electron chi connectivity index (χ3n) is 4.89. The van der Waals surface area contributed by atoms with Crippen LogP contribution in [0.3, 0.4) is 0 Å². The lowest BCUT2D eigenvalue weighted by Gasteiger charge is -2.11. The minimum atomic E-state index is -0.821. The highest BCUT2D eigenvalue weighted by Crippen LogP contribution is 2.30. The number of nitrogens with zero attached hydrogens (tertiary/aromatic N) is 4. The van der Waals surface area contributed by atoms with E-state index in [4.69, 9.17) is 9.47 Å². The van der Waals surface area contributed by atoms with Crippen LogP contribution >= 0.6 is 0 Å². The lowest BCUT2D eigenvalue weighted by atomic mass is 10.0. The van der Waals surface area contributed by atoms with E-state index >= 15 is 0 Å². The molecule has 0 bridgehead atoms. The largest absolute Gasteiger partial charge is 0.493 e. The molecule has 1 aliphatic heterocycles. The fraction of sp³-hybridized carbons (Fsp3) is 0.227. The molecule has 2 aromatic heterocycles. The van der Waals surface area contributed by atoms with Gasteiger partial charge in [-0.1, -0.05) is 0 Å². The van der Waals surface area contributed by atoms with E-state index in [1.165, 1.54) is 30.7 Å². The SMILES string of the molecule is CN(C)/C=C/C(=O)c1cnc(OC(=O)NCc2c(F)ccc3c2CCO3)c2cnncc12. The summed E-state index contributed by atoms with van der Waals surface area (Å²) in [5.41, 5.74) is 1.38. The molecule has 0 unspecified atom stereocenters. The fourth-order valence-electron chi connectivity index (χ4n) is 3.34. The third-order valence-corrected chi connectivity index (χ3v) is 4.89. The van der Waals surface area contributed by atoms with E-state index in [2.05, 4.69) is 20.5 Å². The highest BCUT2D eigenvalue weighted by molar-refractivity contribution is 6.13. The molecular formula is C22H20FN5O4. The van der Waals surface area contributed by atoms with Gasteiger partial charge in [0.15, 0.2) is 5.78 Å². The van der Waals surface area contributed by atoms with Gasteiger partial charge in [0.25, 0.3) is 0 Å². The maximum absolute atomic E-state index is 14.2. The van der Waals surface area contributed by atoms with Crippen LogP contribution in [-0.2, 0) is 13.0 Å². The zero-order valence-corrected chi connectivity index (χ0v) is 17.5. The average molecular weight is 437 g/mol. The summed E-state index contributed by atoms with van der Waals surface area (Å²) in [6.45, 7) is 0.406. The van der Waals surface area contributed by atoms with E-state index in [1.54, 1.807) is 31.3 Å². The smallest absolute Gasteiger partial charge is 0.414 e. The zero-order valence-electron chi connectivity index (χ0n) is 17.5. The number of ether oxygens (including phenoxy) is 2. The van der Waals surface area contributed by atoms with Crippen molar-refractivity contribution in [3.05, 3.63) is 65.5 Å². The number of fused-ring (bicyclic) bond motifs is 2. The van der Waals surface area contributed by atoms with Crippen LogP contribution in [-0.4, -0.2) is 52.7 Å². The highest BCUT2D eigenvalue weighted by Gasteiger charge is 2.21. The van der Waals surface area contributed by atoms with Gasteiger partial charge >= 0.3 is 6.09 Å². The van der Waals surface area contributed by atoms with E-state index < -0.39 is 11.9 Å². The minimum Gasteiger partial charge on any atom is -0.493 e. The first-order chi connectivity index (χ1) is 15.4. The summed E-state index contributed by atoms with van der Waals surface area (Å²) in [7, 11) is 3.59. The van der Waals surface area contributed by atoms with Crippen molar-refractivity contribution < 1.29 is 23.5 Å². The molecule has 0 saturated carbocycles. The molecule has 9 nitrogen and oxygen atoms in total. The van der Waals surface area contributed by atoms with Gasteiger partial charge in [-0.15, -0.1) is 0 Å². The molecule has 3 heterocycles. The van der Waals surface area contributed by atoms with Gasteiger partial charge in [0, 0.05) is 62.0 Å². The second-order valence-corrected chi connectivity index (χ2v) is 7.28. The van der Waals surface area contributed by atoms with Gasteiger partial charge in [0.05, 0.1) is 30.0 Å². The monoisotopic (exact) mass is 437 g/mol. The Morgan fingerprint density at radius 3 is 2.78 bits per heavy atom. The Bertz CT molecular complexity index is 1230. The molecule has 1 amide bonds. The maximum Gasteiger partial charge on any atom is 0.414 e. The second-order valence-electron chi connectivity index (χ2n) is 7.28. The van der Waals surface area contributed by atoms with Crippen molar-refractivity contribution in [1.29, 1.82) is 0 Å². The van der Waals surface area contributed by atoms with Gasteiger partial charge in [-0.2, -0.15) is 10.2 Å². The molecule has 164 valence electrons. The van der Waals surface area contributed by atoms with Gasteiger partial charge in [-0.05, 0) is 12.1 Å². The normalized spacial score (nSPS) is 12.5. The van der Waals surface area contributed by atoms with E-state index in [1.807, 2.05) is 0 Å². The number of carbonyl (C=O) groups excluding carboxylic acids is 2. The van der Waals surface area contributed by atoms with Crippen molar-refractivity contribution in [3.63, 3.8) is 0 Å². The van der Waals surface area contributed by atoms with Crippen LogP contribution in [0, 0.1) is 5.82 Å². The van der Waals surface area contributed by atoms with Crippen molar-refractivity contribution in [1.82, 2.24) is 25.4 Å². The number of ketones is 1. The van der Waals surface area contributed by atoms with Gasteiger partial charge in [0.2, 0.25) is 5.88 Å². The van der Waals surface area contributed by atoms with E-state index in [0.29, 0.717) is 40.7 Å². The topological polar surface area (TPSA) is 107 Å². The Kier molecular flexibility index (Phi) is 5.93. The van der Waals surface area contributed by atoms with Crippen molar-refractivity contribution in [2.75, 3.05) is 20.7 Å². The number of nitrogens with one attached hydrogen (secondary N) is 1. The Morgan fingerprint density at radius 1 is 1.22 bits per heavy atom. The molecule has 0 spiro atoms. The lowest BCUT2D eigenvalue weighted by molar-refractivity contribution is 0.104. The summed E-state index contributed by atoms with van der Waals surface area (Å²) in [5, 5.41) is 10.9. The van der Waals surface area contributed by atoms with Gasteiger partial charge < -0.3 is 19.7 Å². The Balaban J connectivity index is 1.53. The number of benzene rings is 1. The molecule has 0 fully saturated rings. The van der Waals surface area contributed by atoms with Crippen LogP contribution < -0.4 is 14.8 Å². The molecule has 0 aliphatic carbocycles. The molecule has 10 heteroatoms. The minimum absolute atomic E-state index is 0.0392. The Labute approximate surface area is 182 Å². The number of rotatable bonds is 6. The maximum atomic E-state index is 14.2. The number of allylic oxidation sites excluding steroid dienone is 1. The summed E-state index contributed by atoms with van der Waals surface area (Å²) in [5.74, 6) is -0.133. The predicted molar refractivity (Wildman–Crippen MR) is 113 cm³/mol. The van der Waals surface area contributed by atoms with E-state index in [0.717, 1.165) is 5.56 Å². The van der Waals surface area contributed by atoms with E-state index in [9.17, 15) is 14.0 Å². The standard InChI is InChI=1S/C22H20FN5O4/c1-28(2)7-5-19(29)16-10-24-21(17-12-27-26-11-14(16)17)32-22(30)25-9-15-13-6-8-31-20(13)4-3-18(15)23/h3-5,7,10-12H,6,8-9H2,1-2H3,(H,25,30)/b7-5+. The summed E-state index contributed by atoms with van der Waals surface area (Å²) in [6, 6.07) is 2.88. The number of amides is 1. The van der Waals surface area contributed by atoms with Gasteiger partial charge in [-0.25, -0.2) is 14.2 Å². The first-order valence-electron chi connectivity index (χ1n) is 9.81. The number of aromatic nitrogens is 3. The molecule has 0 radical (unpaired) electrons. The molecule has 4 rings (SSSR count). The molecule has 0 saturated heterocycles. The summed E-state index contributed by atoms with van der Waals surface area (Å²) >= 11 is 0. The molecule has 3 aromatic rings. The number of halogens is 1. The molecule has 0 atom stereocenters. The van der Waals surface area contributed by atoms with Crippen LogP contribution in [0.1, 0.15) is 21.5 Å². The molecule has 1 aliphatic rings. The van der Waals surface area contributed by atoms with Crippen LogP contribution in [0.15, 0.2) is 43.0 Å². The van der Waals surface area contributed by atoms with Crippen LogP contribution in [0.5, 0.6) is 11.6 Å². The van der Waals surface area contributed by atoms with Crippen molar-refractivity contribution in [3.8, 4) is 11.6 Å². The number of hydrogen-bond donors (Lipinski definition) is 1. The van der Waals surface area contributed by atoms with Crippen LogP contribution in [0.25, 0.3) is 10.8 Å². The van der Waals surface area contributed by atoms with Gasteiger partial charge in [0.1, 0.15) is 11.6 Å². The van der Waals surface area contributed by atoms with E-state index in [-0.39, 0.29) is 18.2 Å². The number of hydrogen-bond acceptors (Lipinski definition) is 8. The number of pyridine rings is 1. The molecule has 1 aromatic carbocycles. The van der Waals surface area contributed by atoms with Crippen LogP contribution in [0.2, 0.25) is 0 Å². The Morgan fingerprint density at radius 2 is 2.00 bits per heavy atom. The summed E-state index contributed by atoms with van der Waals surface area (Å²) in [6.07, 6.45) is 6.85. The lowest BCUT2D eigenvalue weighted by Crippen LogP contribution is -2.27. The molecule has 1 N–H and O–H groups in total. The third kappa shape index (κ3) is 4.34. The predicted octanol–water partition coefficient (Wildman–Crippen LogP) is 2.65. The molecule has 32 heavy (non-hydrogen) atoms. The van der Waals surface area contributed by atoms with Crippen molar-refractivity contribution in [2.45, 2.75) is 13.0 Å².